The van der Waals surface area contributed by atoms with E-state index >= 15 is 0 Å². The summed E-state index contributed by atoms with van der Waals surface area (Å²) in [7, 11) is 1.81. The van der Waals surface area contributed by atoms with Crippen LogP contribution in [0.5, 0.6) is 11.5 Å². The Balaban J connectivity index is 1.62. The Labute approximate surface area is 161 Å². The van der Waals surface area contributed by atoms with E-state index in [1.54, 1.807) is 4.68 Å². The number of aromatic nitrogens is 4. The third kappa shape index (κ3) is 3.98. The van der Waals surface area contributed by atoms with Crippen molar-refractivity contribution >= 4 is 5.95 Å². The van der Waals surface area contributed by atoms with Gasteiger partial charge in [0.05, 0.1) is 5.69 Å². The van der Waals surface area contributed by atoms with Crippen LogP contribution in [0.3, 0.4) is 0 Å². The number of nitrogens with zero attached hydrogens (tertiary/aromatic N) is 4. The van der Waals surface area contributed by atoms with E-state index in [9.17, 15) is 4.39 Å². The standard InChI is InChI=1S/C21H18FN5O/c1-27-13-15(20(26-27)18-12-19(22)25-21(23)24-18)10-14-6-5-9-17(11-14)28-16-7-3-2-4-8-16/h2-9,11-13H,10H2,1H3,(H2,23,24,25). The van der Waals surface area contributed by atoms with Gasteiger partial charge in [-0.3, -0.25) is 4.68 Å². The van der Waals surface area contributed by atoms with E-state index in [-0.39, 0.29) is 5.95 Å². The van der Waals surface area contributed by atoms with E-state index in [0.29, 0.717) is 17.8 Å². The minimum Gasteiger partial charge on any atom is -0.457 e. The van der Waals surface area contributed by atoms with Crippen LogP contribution in [-0.2, 0) is 13.5 Å². The van der Waals surface area contributed by atoms with Crippen molar-refractivity contribution in [1.29, 1.82) is 0 Å². The number of anilines is 1. The molecule has 0 saturated heterocycles. The van der Waals surface area contributed by atoms with E-state index in [2.05, 4.69) is 15.1 Å². The summed E-state index contributed by atoms with van der Waals surface area (Å²) in [5.74, 6) is 0.711. The van der Waals surface area contributed by atoms with E-state index in [0.717, 1.165) is 22.6 Å². The van der Waals surface area contributed by atoms with Gasteiger partial charge in [0.1, 0.15) is 17.2 Å². The first-order valence-corrected chi connectivity index (χ1v) is 8.71. The predicted octanol–water partition coefficient (Wildman–Crippen LogP) is 3.98. The lowest BCUT2D eigenvalue weighted by Crippen LogP contribution is -2.00. The molecule has 0 atom stereocenters. The van der Waals surface area contributed by atoms with Gasteiger partial charge in [-0.1, -0.05) is 30.3 Å². The van der Waals surface area contributed by atoms with Crippen LogP contribution < -0.4 is 10.5 Å². The molecule has 140 valence electrons. The van der Waals surface area contributed by atoms with Crippen LogP contribution in [0, 0.1) is 5.95 Å². The molecule has 0 aliphatic carbocycles. The smallest absolute Gasteiger partial charge is 0.223 e. The fourth-order valence-corrected chi connectivity index (χ4v) is 3.00. The lowest BCUT2D eigenvalue weighted by atomic mass is 10.0. The van der Waals surface area contributed by atoms with Gasteiger partial charge >= 0.3 is 0 Å². The molecule has 2 N–H and O–H groups in total. The maximum absolute atomic E-state index is 13.7. The van der Waals surface area contributed by atoms with Crippen molar-refractivity contribution in [1.82, 2.24) is 19.7 Å². The molecule has 4 rings (SSSR count). The highest BCUT2D eigenvalue weighted by Gasteiger charge is 2.14. The van der Waals surface area contributed by atoms with E-state index < -0.39 is 5.95 Å². The van der Waals surface area contributed by atoms with Crippen molar-refractivity contribution in [2.75, 3.05) is 5.73 Å². The number of hydrogen-bond acceptors (Lipinski definition) is 5. The summed E-state index contributed by atoms with van der Waals surface area (Å²) in [6, 6.07) is 18.6. The number of ether oxygens (including phenoxy) is 1. The van der Waals surface area contributed by atoms with Crippen LogP contribution in [0.2, 0.25) is 0 Å². The van der Waals surface area contributed by atoms with E-state index in [4.69, 9.17) is 10.5 Å². The molecule has 0 bridgehead atoms. The highest BCUT2D eigenvalue weighted by Crippen LogP contribution is 2.26. The number of para-hydroxylation sites is 1. The molecule has 2 heterocycles. The Bertz CT molecular complexity index is 1090. The zero-order valence-corrected chi connectivity index (χ0v) is 15.2. The summed E-state index contributed by atoms with van der Waals surface area (Å²) in [6.07, 6.45) is 2.47. The molecule has 2 aromatic carbocycles. The quantitative estimate of drug-likeness (QED) is 0.534. The lowest BCUT2D eigenvalue weighted by molar-refractivity contribution is 0.482. The van der Waals surface area contributed by atoms with Crippen molar-refractivity contribution in [3.8, 4) is 22.9 Å². The number of hydrogen-bond donors (Lipinski definition) is 1. The van der Waals surface area contributed by atoms with Crippen molar-refractivity contribution in [3.63, 3.8) is 0 Å². The van der Waals surface area contributed by atoms with E-state index in [1.807, 2.05) is 67.8 Å². The molecule has 2 aromatic heterocycles. The second kappa shape index (κ2) is 7.48. The highest BCUT2D eigenvalue weighted by atomic mass is 19.1. The fourth-order valence-electron chi connectivity index (χ4n) is 3.00. The van der Waals surface area contributed by atoms with Crippen LogP contribution >= 0.6 is 0 Å². The van der Waals surface area contributed by atoms with Crippen LogP contribution in [-0.4, -0.2) is 19.7 Å². The van der Waals surface area contributed by atoms with Gasteiger partial charge in [0.2, 0.25) is 11.9 Å². The number of halogens is 1. The SMILES string of the molecule is Cn1cc(Cc2cccc(Oc3ccccc3)c2)c(-c2cc(F)nc(N)n2)n1. The first kappa shape index (κ1) is 17.7. The molecule has 28 heavy (non-hydrogen) atoms. The third-order valence-electron chi connectivity index (χ3n) is 4.13. The summed E-state index contributed by atoms with van der Waals surface area (Å²) < 4.78 is 21.2. The first-order valence-electron chi connectivity index (χ1n) is 8.71. The molecular weight excluding hydrogens is 357 g/mol. The van der Waals surface area contributed by atoms with E-state index in [1.165, 1.54) is 6.07 Å². The second-order valence-electron chi connectivity index (χ2n) is 6.35. The minimum atomic E-state index is -0.683. The van der Waals surface area contributed by atoms with Gasteiger partial charge in [-0.2, -0.15) is 14.5 Å². The van der Waals surface area contributed by atoms with Gasteiger partial charge < -0.3 is 10.5 Å². The molecule has 0 aliphatic rings. The molecular formula is C21H18FN5O. The maximum Gasteiger partial charge on any atom is 0.223 e. The summed E-state index contributed by atoms with van der Waals surface area (Å²) in [5, 5.41) is 4.42. The average molecular weight is 375 g/mol. The molecule has 0 saturated carbocycles. The van der Waals surface area contributed by atoms with Gasteiger partial charge in [-0.15, -0.1) is 0 Å². The second-order valence-corrected chi connectivity index (χ2v) is 6.35. The van der Waals surface area contributed by atoms with Gasteiger partial charge in [0.25, 0.3) is 0 Å². The molecule has 0 amide bonds. The predicted molar refractivity (Wildman–Crippen MR) is 104 cm³/mol. The van der Waals surface area contributed by atoms with Gasteiger partial charge in [-0.25, -0.2) is 4.98 Å². The maximum atomic E-state index is 13.7. The highest BCUT2D eigenvalue weighted by molar-refractivity contribution is 5.60. The topological polar surface area (TPSA) is 78.9 Å². The molecule has 0 unspecified atom stereocenters. The van der Waals surface area contributed by atoms with Crippen molar-refractivity contribution in [2.24, 2.45) is 7.05 Å². The van der Waals surface area contributed by atoms with Crippen LogP contribution in [0.1, 0.15) is 11.1 Å². The number of nitrogens with two attached hydrogens (primary N) is 1. The molecule has 0 radical (unpaired) electrons. The Hall–Kier alpha value is -3.74. The van der Waals surface area contributed by atoms with Gasteiger partial charge in [-0.05, 0) is 29.8 Å². The number of nitrogen functional groups attached to an aromatic ring is 1. The Kier molecular flexibility index (Phi) is 4.72. The minimum absolute atomic E-state index is 0.120. The summed E-state index contributed by atoms with van der Waals surface area (Å²) in [4.78, 5) is 7.60. The number of rotatable bonds is 5. The van der Waals surface area contributed by atoms with Crippen molar-refractivity contribution < 1.29 is 9.13 Å². The molecule has 0 aliphatic heterocycles. The normalized spacial score (nSPS) is 10.8. The largest absolute Gasteiger partial charge is 0.457 e. The monoisotopic (exact) mass is 375 g/mol. The summed E-state index contributed by atoms with van der Waals surface area (Å²) in [6.45, 7) is 0. The number of aryl methyl sites for hydroxylation is 1. The summed E-state index contributed by atoms with van der Waals surface area (Å²) in [5.41, 5.74) is 8.45. The molecule has 0 fully saturated rings. The zero-order chi connectivity index (χ0) is 19.5. The van der Waals surface area contributed by atoms with Crippen LogP contribution in [0.15, 0.2) is 66.9 Å². The zero-order valence-electron chi connectivity index (χ0n) is 15.2. The van der Waals surface area contributed by atoms with Gasteiger partial charge in [0.15, 0.2) is 0 Å². The summed E-state index contributed by atoms with van der Waals surface area (Å²) >= 11 is 0. The third-order valence-corrected chi connectivity index (χ3v) is 4.13. The Morgan fingerprint density at radius 3 is 2.57 bits per heavy atom. The fraction of sp³-hybridized carbons (Fsp3) is 0.0952. The number of benzene rings is 2. The first-order chi connectivity index (χ1) is 13.6. The van der Waals surface area contributed by atoms with Crippen molar-refractivity contribution in [3.05, 3.63) is 83.9 Å². The molecule has 0 spiro atoms. The Morgan fingerprint density at radius 1 is 1.00 bits per heavy atom. The van der Waals surface area contributed by atoms with Crippen molar-refractivity contribution in [2.45, 2.75) is 6.42 Å². The molecule has 6 nitrogen and oxygen atoms in total. The van der Waals surface area contributed by atoms with Crippen LogP contribution in [0.4, 0.5) is 10.3 Å². The Morgan fingerprint density at radius 2 is 1.79 bits per heavy atom. The molecule has 4 aromatic rings. The van der Waals surface area contributed by atoms with Crippen LogP contribution in [0.25, 0.3) is 11.4 Å². The lowest BCUT2D eigenvalue weighted by Gasteiger charge is -2.08. The average Bonchev–Trinajstić information content (AvgIpc) is 3.02. The molecule has 7 heteroatoms. The van der Waals surface area contributed by atoms with Gasteiger partial charge in [0, 0.05) is 31.3 Å².